The van der Waals surface area contributed by atoms with Crippen molar-refractivity contribution in [3.8, 4) is 0 Å². The summed E-state index contributed by atoms with van der Waals surface area (Å²) in [7, 11) is 0. The Balaban J connectivity index is 2.09. The van der Waals surface area contributed by atoms with Crippen LogP contribution in [0.25, 0.3) is 0 Å². The van der Waals surface area contributed by atoms with E-state index < -0.39 is 6.10 Å². The topological polar surface area (TPSA) is 23.5 Å². The van der Waals surface area contributed by atoms with Crippen LogP contribution in [0.2, 0.25) is 5.02 Å². The van der Waals surface area contributed by atoms with Crippen molar-refractivity contribution in [3.63, 3.8) is 0 Å². The van der Waals surface area contributed by atoms with Crippen LogP contribution in [0, 0.1) is 5.82 Å². The van der Waals surface area contributed by atoms with E-state index in [0.717, 1.165) is 13.1 Å². The summed E-state index contributed by atoms with van der Waals surface area (Å²) in [4.78, 5) is 2.28. The van der Waals surface area contributed by atoms with Gasteiger partial charge in [-0.05, 0) is 57.5 Å². The van der Waals surface area contributed by atoms with Gasteiger partial charge in [0.25, 0.3) is 0 Å². The molecular weight excluding hydrogens is 265 g/mol. The van der Waals surface area contributed by atoms with Gasteiger partial charge in [-0.1, -0.05) is 17.7 Å². The van der Waals surface area contributed by atoms with Crippen LogP contribution < -0.4 is 0 Å². The van der Waals surface area contributed by atoms with E-state index >= 15 is 0 Å². The zero-order valence-electron chi connectivity index (χ0n) is 11.5. The summed E-state index contributed by atoms with van der Waals surface area (Å²) < 4.78 is 13.8. The number of benzene rings is 1. The Morgan fingerprint density at radius 1 is 1.37 bits per heavy atom. The molecule has 1 saturated heterocycles. The summed E-state index contributed by atoms with van der Waals surface area (Å²) in [5.74, 6) is -0.344. The molecule has 1 aliphatic rings. The maximum absolute atomic E-state index is 13.8. The first-order valence-electron chi connectivity index (χ1n) is 6.78. The predicted octanol–water partition coefficient (Wildman–Crippen LogP) is 3.26. The van der Waals surface area contributed by atoms with Gasteiger partial charge in [0.1, 0.15) is 5.82 Å². The molecule has 0 bridgehead atoms. The summed E-state index contributed by atoms with van der Waals surface area (Å²) in [6.07, 6.45) is 2.06. The minimum Gasteiger partial charge on any atom is -0.391 e. The molecule has 1 N–H and O–H groups in total. The first-order chi connectivity index (χ1) is 8.91. The molecule has 0 radical (unpaired) electrons. The second-order valence-corrected chi connectivity index (χ2v) is 6.24. The minimum atomic E-state index is -0.596. The van der Waals surface area contributed by atoms with Crippen molar-refractivity contribution in [3.05, 3.63) is 34.6 Å². The van der Waals surface area contributed by atoms with Crippen LogP contribution in [0.15, 0.2) is 18.2 Å². The number of hydrogen-bond acceptors (Lipinski definition) is 2. The summed E-state index contributed by atoms with van der Waals surface area (Å²) in [6.45, 7) is 6.06. The van der Waals surface area contributed by atoms with Gasteiger partial charge in [-0.25, -0.2) is 4.39 Å². The maximum atomic E-state index is 13.8. The van der Waals surface area contributed by atoms with Crippen molar-refractivity contribution in [1.29, 1.82) is 0 Å². The Labute approximate surface area is 119 Å². The molecule has 4 heteroatoms. The molecule has 2 rings (SSSR count). The molecule has 0 amide bonds. The molecular formula is C15H21ClFNO. The fourth-order valence-corrected chi connectivity index (χ4v) is 2.81. The number of rotatable bonds is 4. The minimum absolute atomic E-state index is 0.312. The number of nitrogens with zero attached hydrogens (tertiary/aromatic N) is 1. The predicted molar refractivity (Wildman–Crippen MR) is 76.0 cm³/mol. The van der Waals surface area contributed by atoms with Crippen LogP contribution in [0.5, 0.6) is 0 Å². The van der Waals surface area contributed by atoms with Crippen molar-refractivity contribution in [2.24, 2.45) is 0 Å². The van der Waals surface area contributed by atoms with E-state index in [4.69, 9.17) is 11.6 Å². The second kappa shape index (κ2) is 5.78. The molecule has 0 aliphatic carbocycles. The Morgan fingerprint density at radius 2 is 2.00 bits per heavy atom. The van der Waals surface area contributed by atoms with Gasteiger partial charge in [0.2, 0.25) is 0 Å². The fraction of sp³-hybridized carbons (Fsp3) is 0.600. The Bertz CT molecular complexity index is 444. The van der Waals surface area contributed by atoms with Gasteiger partial charge in [0.05, 0.1) is 6.10 Å². The number of halogens is 2. The van der Waals surface area contributed by atoms with Crippen LogP contribution in [-0.4, -0.2) is 34.7 Å². The quantitative estimate of drug-likeness (QED) is 0.918. The number of aliphatic hydroxyl groups is 1. The van der Waals surface area contributed by atoms with Crippen molar-refractivity contribution < 1.29 is 9.50 Å². The molecule has 0 aromatic heterocycles. The molecule has 0 saturated carbocycles. The van der Waals surface area contributed by atoms with Gasteiger partial charge < -0.3 is 5.11 Å². The van der Waals surface area contributed by atoms with Crippen molar-refractivity contribution in [2.75, 3.05) is 13.1 Å². The highest BCUT2D eigenvalue weighted by Crippen LogP contribution is 2.27. The lowest BCUT2D eigenvalue weighted by atomic mass is 9.90. The smallest absolute Gasteiger partial charge is 0.127 e. The maximum Gasteiger partial charge on any atom is 0.127 e. The monoisotopic (exact) mass is 285 g/mol. The molecule has 1 fully saturated rings. The van der Waals surface area contributed by atoms with Gasteiger partial charge in [-0.3, -0.25) is 4.90 Å². The molecule has 1 aromatic rings. The number of hydrogen-bond donors (Lipinski definition) is 1. The average Bonchev–Trinajstić information content (AvgIpc) is 2.86. The van der Waals surface area contributed by atoms with Crippen molar-refractivity contribution in [1.82, 2.24) is 4.90 Å². The molecule has 0 spiro atoms. The highest BCUT2D eigenvalue weighted by molar-refractivity contribution is 6.30. The van der Waals surface area contributed by atoms with Gasteiger partial charge in [0.15, 0.2) is 0 Å². The largest absolute Gasteiger partial charge is 0.391 e. The highest BCUT2D eigenvalue weighted by atomic mass is 35.5. The zero-order chi connectivity index (χ0) is 14.0. The molecule has 1 atom stereocenters. The third-order valence-electron chi connectivity index (χ3n) is 4.16. The fourth-order valence-electron chi connectivity index (χ4n) is 2.65. The van der Waals surface area contributed by atoms with Crippen LogP contribution >= 0.6 is 11.6 Å². The zero-order valence-corrected chi connectivity index (χ0v) is 12.3. The van der Waals surface area contributed by atoms with Gasteiger partial charge in [0, 0.05) is 17.0 Å². The summed E-state index contributed by atoms with van der Waals surface area (Å²) in [6, 6.07) is 4.61. The number of aliphatic hydroxyl groups excluding tert-OH is 1. The van der Waals surface area contributed by atoms with Crippen LogP contribution in [0.1, 0.15) is 32.3 Å². The lowest BCUT2D eigenvalue weighted by Gasteiger charge is -2.39. The summed E-state index contributed by atoms with van der Waals surface area (Å²) >= 11 is 5.74. The second-order valence-electron chi connectivity index (χ2n) is 5.80. The summed E-state index contributed by atoms with van der Waals surface area (Å²) in [5, 5.41) is 10.8. The molecule has 1 aromatic carbocycles. The average molecular weight is 286 g/mol. The molecule has 1 aliphatic heterocycles. The van der Waals surface area contributed by atoms with Gasteiger partial charge in [-0.15, -0.1) is 0 Å². The third-order valence-corrected chi connectivity index (χ3v) is 4.40. The van der Waals surface area contributed by atoms with E-state index in [-0.39, 0.29) is 11.4 Å². The molecule has 1 heterocycles. The first kappa shape index (κ1) is 14.8. The Morgan fingerprint density at radius 3 is 2.58 bits per heavy atom. The lowest BCUT2D eigenvalue weighted by molar-refractivity contribution is 0.00295. The Hall–Kier alpha value is -0.640. The van der Waals surface area contributed by atoms with Crippen LogP contribution in [-0.2, 0) is 6.42 Å². The van der Waals surface area contributed by atoms with E-state index in [0.29, 0.717) is 17.0 Å². The SMILES string of the molecule is CC(C)(C(O)Cc1ccc(Cl)cc1F)N1CCCC1. The van der Waals surface area contributed by atoms with Gasteiger partial charge in [-0.2, -0.15) is 0 Å². The molecule has 106 valence electrons. The third kappa shape index (κ3) is 3.28. The highest BCUT2D eigenvalue weighted by Gasteiger charge is 2.35. The molecule has 1 unspecified atom stereocenters. The molecule has 2 nitrogen and oxygen atoms in total. The van der Waals surface area contributed by atoms with Crippen LogP contribution in [0.4, 0.5) is 4.39 Å². The van der Waals surface area contributed by atoms with Crippen LogP contribution in [0.3, 0.4) is 0 Å². The first-order valence-corrected chi connectivity index (χ1v) is 7.16. The van der Waals surface area contributed by atoms with E-state index in [1.807, 2.05) is 13.8 Å². The molecule has 19 heavy (non-hydrogen) atoms. The number of likely N-dealkylation sites (tertiary alicyclic amines) is 1. The van der Waals surface area contributed by atoms with E-state index in [1.165, 1.54) is 18.9 Å². The lowest BCUT2D eigenvalue weighted by Crippen LogP contribution is -2.52. The van der Waals surface area contributed by atoms with E-state index in [1.54, 1.807) is 12.1 Å². The Kier molecular flexibility index (Phi) is 4.49. The van der Waals surface area contributed by atoms with E-state index in [2.05, 4.69) is 4.90 Å². The van der Waals surface area contributed by atoms with E-state index in [9.17, 15) is 9.50 Å². The van der Waals surface area contributed by atoms with Gasteiger partial charge >= 0.3 is 0 Å². The van der Waals surface area contributed by atoms with Crippen molar-refractivity contribution in [2.45, 2.75) is 44.8 Å². The normalized spacial score (nSPS) is 18.8. The van der Waals surface area contributed by atoms with Crippen molar-refractivity contribution >= 4 is 11.6 Å². The summed E-state index contributed by atoms with van der Waals surface area (Å²) in [5.41, 5.74) is 0.187. The standard InChI is InChI=1S/C15H21ClFNO/c1-15(2,18-7-3-4-8-18)14(19)9-11-5-6-12(16)10-13(11)17/h5-6,10,14,19H,3-4,7-9H2,1-2H3.